The highest BCUT2D eigenvalue weighted by Crippen LogP contribution is 2.29. The van der Waals surface area contributed by atoms with E-state index in [1.165, 1.54) is 4.80 Å². The molecule has 0 spiro atoms. The van der Waals surface area contributed by atoms with Crippen molar-refractivity contribution in [1.82, 2.24) is 25.5 Å². The summed E-state index contributed by atoms with van der Waals surface area (Å²) in [4.78, 5) is 24.1. The van der Waals surface area contributed by atoms with Gasteiger partial charge in [-0.2, -0.15) is 4.80 Å². The lowest BCUT2D eigenvalue weighted by Crippen LogP contribution is -2.53. The van der Waals surface area contributed by atoms with Crippen LogP contribution in [0.4, 0.5) is 10.7 Å². The largest absolute Gasteiger partial charge is 0.480 e. The Labute approximate surface area is 103 Å². The number of carbonyl (C=O) groups excluding carboxylic acids is 1. The molecule has 0 radical (unpaired) electrons. The maximum Gasteiger partial charge on any atom is 0.329 e. The van der Waals surface area contributed by atoms with Crippen molar-refractivity contribution in [3.63, 3.8) is 0 Å². The van der Waals surface area contributed by atoms with Crippen LogP contribution >= 0.6 is 0 Å². The molecule has 1 aromatic rings. The number of urea groups is 1. The third-order valence-electron chi connectivity index (χ3n) is 2.95. The molecular weight excluding hydrogens is 240 g/mol. The lowest BCUT2D eigenvalue weighted by molar-refractivity contribution is -0.144. The summed E-state index contributed by atoms with van der Waals surface area (Å²) in [7, 11) is 1.56. The molecule has 1 aliphatic rings. The smallest absolute Gasteiger partial charge is 0.329 e. The van der Waals surface area contributed by atoms with Gasteiger partial charge >= 0.3 is 12.0 Å². The summed E-state index contributed by atoms with van der Waals surface area (Å²) in [5, 5.41) is 24.9. The van der Waals surface area contributed by atoms with Crippen molar-refractivity contribution in [2.75, 3.05) is 5.32 Å². The Balaban J connectivity index is 1.99. The minimum atomic E-state index is -1.17. The number of nitrogens with one attached hydrogen (secondary N) is 2. The SMILES string of the molecule is Cn1nnc(NC(=O)NC2(C(=O)O)CCCC2)n1. The number of hydrogen-bond donors (Lipinski definition) is 3. The normalized spacial score (nSPS) is 17.4. The summed E-state index contributed by atoms with van der Waals surface area (Å²) < 4.78 is 0. The van der Waals surface area contributed by atoms with E-state index in [1.807, 2.05) is 0 Å². The molecule has 1 fully saturated rings. The van der Waals surface area contributed by atoms with Gasteiger partial charge in [0.15, 0.2) is 0 Å². The molecule has 18 heavy (non-hydrogen) atoms. The monoisotopic (exact) mass is 254 g/mol. The maximum atomic E-state index is 11.7. The van der Waals surface area contributed by atoms with Crippen LogP contribution in [0.3, 0.4) is 0 Å². The summed E-state index contributed by atoms with van der Waals surface area (Å²) in [6.45, 7) is 0. The average Bonchev–Trinajstić information content (AvgIpc) is 2.89. The number of hydrogen-bond acceptors (Lipinski definition) is 5. The third kappa shape index (κ3) is 2.39. The van der Waals surface area contributed by atoms with Crippen LogP contribution in [0.15, 0.2) is 0 Å². The molecule has 2 amide bonds. The van der Waals surface area contributed by atoms with Crippen LogP contribution in [0.1, 0.15) is 25.7 Å². The van der Waals surface area contributed by atoms with Gasteiger partial charge in [-0.05, 0) is 18.1 Å². The van der Waals surface area contributed by atoms with E-state index in [-0.39, 0.29) is 5.95 Å². The van der Waals surface area contributed by atoms with E-state index in [1.54, 1.807) is 7.05 Å². The first-order valence-electron chi connectivity index (χ1n) is 5.58. The molecule has 1 aromatic heterocycles. The van der Waals surface area contributed by atoms with E-state index in [0.29, 0.717) is 12.8 Å². The Kier molecular flexibility index (Phi) is 3.13. The Bertz CT molecular complexity index is 465. The van der Waals surface area contributed by atoms with Crippen molar-refractivity contribution in [3.8, 4) is 0 Å². The minimum Gasteiger partial charge on any atom is -0.480 e. The number of nitrogens with zero attached hydrogens (tertiary/aromatic N) is 4. The summed E-state index contributed by atoms with van der Waals surface area (Å²) in [6, 6.07) is -0.632. The minimum absolute atomic E-state index is 0.0357. The number of tetrazole rings is 1. The second-order valence-electron chi connectivity index (χ2n) is 4.28. The Morgan fingerprint density at radius 1 is 1.39 bits per heavy atom. The molecule has 1 heterocycles. The van der Waals surface area contributed by atoms with Crippen molar-refractivity contribution in [2.24, 2.45) is 7.05 Å². The van der Waals surface area contributed by atoms with E-state index in [4.69, 9.17) is 0 Å². The summed E-state index contributed by atoms with van der Waals surface area (Å²) in [5.41, 5.74) is -1.17. The molecule has 3 N–H and O–H groups in total. The topological polar surface area (TPSA) is 122 Å². The van der Waals surface area contributed by atoms with Crippen LogP contribution in [0, 0.1) is 0 Å². The van der Waals surface area contributed by atoms with Gasteiger partial charge in [0.2, 0.25) is 0 Å². The number of carboxylic acids is 1. The number of amides is 2. The quantitative estimate of drug-likeness (QED) is 0.682. The van der Waals surface area contributed by atoms with Gasteiger partial charge in [0, 0.05) is 0 Å². The van der Waals surface area contributed by atoms with Gasteiger partial charge in [-0.15, -0.1) is 5.10 Å². The fourth-order valence-corrected chi connectivity index (χ4v) is 2.06. The molecule has 0 bridgehead atoms. The van der Waals surface area contributed by atoms with Crippen LogP contribution in [0.25, 0.3) is 0 Å². The zero-order chi connectivity index (χ0) is 13.2. The van der Waals surface area contributed by atoms with E-state index >= 15 is 0 Å². The molecular formula is C9H14N6O3. The fraction of sp³-hybridized carbons (Fsp3) is 0.667. The molecule has 1 aliphatic carbocycles. The van der Waals surface area contributed by atoms with Crippen molar-refractivity contribution in [2.45, 2.75) is 31.2 Å². The van der Waals surface area contributed by atoms with Gasteiger partial charge in [-0.25, -0.2) is 9.59 Å². The highest BCUT2D eigenvalue weighted by atomic mass is 16.4. The van der Waals surface area contributed by atoms with Crippen LogP contribution in [0.2, 0.25) is 0 Å². The first-order chi connectivity index (χ1) is 8.52. The molecule has 0 aromatic carbocycles. The number of anilines is 1. The number of carbonyl (C=O) groups is 2. The van der Waals surface area contributed by atoms with Gasteiger partial charge in [-0.1, -0.05) is 17.9 Å². The molecule has 0 saturated heterocycles. The zero-order valence-electron chi connectivity index (χ0n) is 9.88. The lowest BCUT2D eigenvalue weighted by Gasteiger charge is -2.24. The zero-order valence-corrected chi connectivity index (χ0v) is 9.88. The van der Waals surface area contributed by atoms with Crippen LogP contribution in [-0.2, 0) is 11.8 Å². The lowest BCUT2D eigenvalue weighted by atomic mass is 9.98. The van der Waals surface area contributed by atoms with E-state index in [0.717, 1.165) is 12.8 Å². The third-order valence-corrected chi connectivity index (χ3v) is 2.95. The highest BCUT2D eigenvalue weighted by molar-refractivity contribution is 5.92. The number of aryl methyl sites for hydroxylation is 1. The van der Waals surface area contributed by atoms with E-state index in [2.05, 4.69) is 26.0 Å². The molecule has 2 rings (SSSR count). The highest BCUT2D eigenvalue weighted by Gasteiger charge is 2.42. The summed E-state index contributed by atoms with van der Waals surface area (Å²) >= 11 is 0. The number of aliphatic carboxylic acids is 1. The Morgan fingerprint density at radius 2 is 2.06 bits per heavy atom. The van der Waals surface area contributed by atoms with Crippen LogP contribution in [-0.4, -0.2) is 42.9 Å². The first-order valence-corrected chi connectivity index (χ1v) is 5.58. The van der Waals surface area contributed by atoms with Crippen LogP contribution < -0.4 is 10.6 Å². The molecule has 9 nitrogen and oxygen atoms in total. The molecule has 1 saturated carbocycles. The number of carboxylic acid groups (broad SMARTS) is 1. The Hall–Kier alpha value is -2.19. The second kappa shape index (κ2) is 4.59. The molecule has 0 aliphatic heterocycles. The average molecular weight is 254 g/mol. The fourth-order valence-electron chi connectivity index (χ4n) is 2.06. The van der Waals surface area contributed by atoms with E-state index < -0.39 is 17.5 Å². The van der Waals surface area contributed by atoms with E-state index in [9.17, 15) is 14.7 Å². The van der Waals surface area contributed by atoms with Gasteiger partial charge in [0.1, 0.15) is 5.54 Å². The molecule has 0 unspecified atom stereocenters. The first kappa shape index (κ1) is 12.3. The summed E-state index contributed by atoms with van der Waals surface area (Å²) in [5.74, 6) is -0.976. The predicted molar refractivity (Wildman–Crippen MR) is 59.8 cm³/mol. The molecule has 98 valence electrons. The Morgan fingerprint density at radius 3 is 2.56 bits per heavy atom. The van der Waals surface area contributed by atoms with Crippen LogP contribution in [0.5, 0.6) is 0 Å². The van der Waals surface area contributed by atoms with Crippen molar-refractivity contribution in [3.05, 3.63) is 0 Å². The number of rotatable bonds is 3. The predicted octanol–water partition coefficient (Wildman–Crippen LogP) is -0.271. The van der Waals surface area contributed by atoms with Crippen molar-refractivity contribution >= 4 is 17.9 Å². The maximum absolute atomic E-state index is 11.7. The standard InChI is InChI=1S/C9H14N6O3/c1-15-13-7(12-14-15)10-8(18)11-9(6(16)17)4-2-3-5-9/h2-5H2,1H3,(H,16,17)(H2,10,11,13,18). The van der Waals surface area contributed by atoms with Crippen molar-refractivity contribution < 1.29 is 14.7 Å². The number of aromatic nitrogens is 4. The molecule has 0 atom stereocenters. The van der Waals surface area contributed by atoms with Crippen molar-refractivity contribution in [1.29, 1.82) is 0 Å². The summed E-state index contributed by atoms with van der Waals surface area (Å²) in [6.07, 6.45) is 2.44. The van der Waals surface area contributed by atoms with Gasteiger partial charge in [0.25, 0.3) is 5.95 Å². The van der Waals surface area contributed by atoms with Gasteiger partial charge < -0.3 is 10.4 Å². The molecule has 9 heteroatoms. The van der Waals surface area contributed by atoms with Gasteiger partial charge in [0.05, 0.1) is 7.05 Å². The van der Waals surface area contributed by atoms with Gasteiger partial charge in [-0.3, -0.25) is 5.32 Å². The second-order valence-corrected chi connectivity index (χ2v) is 4.28.